The first-order valence-corrected chi connectivity index (χ1v) is 8.84. The van der Waals surface area contributed by atoms with Crippen LogP contribution in [-0.4, -0.2) is 34.8 Å². The van der Waals surface area contributed by atoms with E-state index in [1.54, 1.807) is 18.2 Å². The third-order valence-electron chi connectivity index (χ3n) is 3.91. The highest BCUT2D eigenvalue weighted by molar-refractivity contribution is 6.29. The van der Waals surface area contributed by atoms with E-state index in [-0.39, 0.29) is 12.8 Å². The Labute approximate surface area is 166 Å². The van der Waals surface area contributed by atoms with Gasteiger partial charge in [-0.3, -0.25) is 14.4 Å². The van der Waals surface area contributed by atoms with Crippen LogP contribution in [0.5, 0.6) is 0 Å². The van der Waals surface area contributed by atoms with Gasteiger partial charge in [-0.15, -0.1) is 0 Å². The van der Waals surface area contributed by atoms with Crippen molar-refractivity contribution < 1.29 is 18.8 Å². The molecule has 1 aromatic carbocycles. The first-order valence-electron chi connectivity index (χ1n) is 8.46. The summed E-state index contributed by atoms with van der Waals surface area (Å²) in [4.78, 5) is 39.8. The van der Waals surface area contributed by atoms with Gasteiger partial charge in [0.1, 0.15) is 23.1 Å². The molecule has 148 valence electrons. The molecule has 0 saturated heterocycles. The molecule has 28 heavy (non-hydrogen) atoms. The minimum Gasteiger partial charge on any atom is -0.368 e. The van der Waals surface area contributed by atoms with Gasteiger partial charge in [-0.25, -0.2) is 9.37 Å². The number of rotatable bonds is 8. The van der Waals surface area contributed by atoms with Gasteiger partial charge in [0, 0.05) is 26.0 Å². The topological polar surface area (TPSA) is 114 Å². The quantitative estimate of drug-likeness (QED) is 0.570. The summed E-state index contributed by atoms with van der Waals surface area (Å²) in [6.07, 6.45) is 1.64. The fraction of sp³-hybridized carbons (Fsp3) is 0.263. The maximum Gasteiger partial charge on any atom is 0.243 e. The van der Waals surface area contributed by atoms with Crippen LogP contribution in [0, 0.1) is 5.82 Å². The zero-order chi connectivity index (χ0) is 20.7. The van der Waals surface area contributed by atoms with Crippen molar-refractivity contribution in [3.63, 3.8) is 0 Å². The number of benzene rings is 1. The fourth-order valence-electron chi connectivity index (χ4n) is 2.61. The summed E-state index contributed by atoms with van der Waals surface area (Å²) in [6.45, 7) is 1.26. The molecule has 2 aromatic rings. The highest BCUT2D eigenvalue weighted by Gasteiger charge is 2.25. The number of halogens is 2. The first kappa shape index (κ1) is 21.3. The molecule has 0 fully saturated rings. The monoisotopic (exact) mass is 406 g/mol. The second kappa shape index (κ2) is 9.80. The van der Waals surface area contributed by atoms with Gasteiger partial charge in [0.25, 0.3) is 0 Å². The molecule has 0 radical (unpaired) electrons. The summed E-state index contributed by atoms with van der Waals surface area (Å²) >= 11 is 5.73. The third-order valence-corrected chi connectivity index (χ3v) is 4.13. The Bertz CT molecular complexity index is 861. The molecule has 1 heterocycles. The predicted molar refractivity (Wildman–Crippen MR) is 102 cm³/mol. The van der Waals surface area contributed by atoms with Crippen LogP contribution in [0.25, 0.3) is 0 Å². The summed E-state index contributed by atoms with van der Waals surface area (Å²) in [7, 11) is 0. The second-order valence-electron chi connectivity index (χ2n) is 6.24. The zero-order valence-corrected chi connectivity index (χ0v) is 15.9. The van der Waals surface area contributed by atoms with Gasteiger partial charge < -0.3 is 16.4 Å². The van der Waals surface area contributed by atoms with E-state index in [9.17, 15) is 18.8 Å². The van der Waals surface area contributed by atoms with Crippen molar-refractivity contribution in [3.8, 4) is 0 Å². The lowest BCUT2D eigenvalue weighted by Gasteiger charge is -2.21. The van der Waals surface area contributed by atoms with Crippen LogP contribution < -0.4 is 16.4 Å². The van der Waals surface area contributed by atoms with Gasteiger partial charge in [0.05, 0.1) is 0 Å². The summed E-state index contributed by atoms with van der Waals surface area (Å²) in [5.41, 5.74) is 6.57. The molecule has 3 amide bonds. The van der Waals surface area contributed by atoms with Crippen molar-refractivity contribution in [1.29, 1.82) is 0 Å². The van der Waals surface area contributed by atoms with Crippen molar-refractivity contribution in [2.24, 2.45) is 5.73 Å². The Balaban J connectivity index is 2.12. The van der Waals surface area contributed by atoms with Gasteiger partial charge in [-0.05, 0) is 29.3 Å². The molecule has 0 aliphatic heterocycles. The average molecular weight is 407 g/mol. The van der Waals surface area contributed by atoms with Crippen LogP contribution in [0.1, 0.15) is 18.1 Å². The van der Waals surface area contributed by atoms with E-state index >= 15 is 0 Å². The number of carbonyl (C=O) groups excluding carboxylic acids is 3. The van der Waals surface area contributed by atoms with E-state index in [1.807, 2.05) is 0 Å². The van der Waals surface area contributed by atoms with Crippen molar-refractivity contribution in [2.75, 3.05) is 0 Å². The SMILES string of the molecule is CC(=O)N[C@H](Cc1cccc(F)c1)C(=O)N[C@@H](Cc1ccc(Cl)nc1)C(N)=O. The highest BCUT2D eigenvalue weighted by atomic mass is 35.5. The van der Waals surface area contributed by atoms with Crippen LogP contribution in [0.2, 0.25) is 5.15 Å². The van der Waals surface area contributed by atoms with Gasteiger partial charge in [-0.2, -0.15) is 0 Å². The molecular formula is C19H20ClFN4O3. The number of aromatic nitrogens is 1. The van der Waals surface area contributed by atoms with E-state index < -0.39 is 35.6 Å². The van der Waals surface area contributed by atoms with E-state index in [0.717, 1.165) is 0 Å². The number of amides is 3. The highest BCUT2D eigenvalue weighted by Crippen LogP contribution is 2.10. The largest absolute Gasteiger partial charge is 0.368 e. The minimum absolute atomic E-state index is 0.0527. The summed E-state index contributed by atoms with van der Waals surface area (Å²) in [5, 5.41) is 5.34. The van der Waals surface area contributed by atoms with Gasteiger partial charge in [0.15, 0.2) is 0 Å². The third kappa shape index (κ3) is 6.62. The van der Waals surface area contributed by atoms with Gasteiger partial charge in [0.2, 0.25) is 17.7 Å². The fourth-order valence-corrected chi connectivity index (χ4v) is 2.72. The van der Waals surface area contributed by atoms with E-state index in [0.29, 0.717) is 16.3 Å². The van der Waals surface area contributed by atoms with Crippen LogP contribution in [0.4, 0.5) is 4.39 Å². The molecule has 9 heteroatoms. The van der Waals surface area contributed by atoms with Crippen molar-refractivity contribution in [3.05, 3.63) is 64.7 Å². The van der Waals surface area contributed by atoms with Crippen molar-refractivity contribution in [2.45, 2.75) is 31.8 Å². The number of hydrogen-bond acceptors (Lipinski definition) is 4. The first-order chi connectivity index (χ1) is 13.2. The lowest BCUT2D eigenvalue weighted by molar-refractivity contribution is -0.130. The maximum atomic E-state index is 13.4. The number of carbonyl (C=O) groups is 3. The normalized spacial score (nSPS) is 12.7. The lowest BCUT2D eigenvalue weighted by atomic mass is 10.0. The molecule has 0 unspecified atom stereocenters. The van der Waals surface area contributed by atoms with E-state index in [1.165, 1.54) is 31.3 Å². The van der Waals surface area contributed by atoms with Crippen LogP contribution in [-0.2, 0) is 27.2 Å². The average Bonchev–Trinajstić information content (AvgIpc) is 2.62. The van der Waals surface area contributed by atoms with Crippen LogP contribution >= 0.6 is 11.6 Å². The molecular weight excluding hydrogens is 387 g/mol. The Hall–Kier alpha value is -3.00. The second-order valence-corrected chi connectivity index (χ2v) is 6.63. The molecule has 0 aliphatic rings. The summed E-state index contributed by atoms with van der Waals surface area (Å²) in [6, 6.07) is 6.90. The van der Waals surface area contributed by atoms with E-state index in [2.05, 4.69) is 15.6 Å². The van der Waals surface area contributed by atoms with Gasteiger partial charge in [-0.1, -0.05) is 29.8 Å². The molecule has 0 saturated carbocycles. The number of primary amides is 1. The van der Waals surface area contributed by atoms with E-state index in [4.69, 9.17) is 17.3 Å². The van der Waals surface area contributed by atoms with Crippen LogP contribution in [0.3, 0.4) is 0 Å². The zero-order valence-electron chi connectivity index (χ0n) is 15.1. The smallest absolute Gasteiger partial charge is 0.243 e. The maximum absolute atomic E-state index is 13.4. The summed E-state index contributed by atoms with van der Waals surface area (Å²) < 4.78 is 13.4. The number of nitrogens with two attached hydrogens (primary N) is 1. The lowest BCUT2D eigenvalue weighted by Crippen LogP contribution is -2.54. The molecule has 2 atom stereocenters. The molecule has 4 N–H and O–H groups in total. The Morgan fingerprint density at radius 1 is 1.11 bits per heavy atom. The molecule has 2 rings (SSSR count). The number of pyridine rings is 1. The minimum atomic E-state index is -1.01. The Kier molecular flexibility index (Phi) is 7.45. The van der Waals surface area contributed by atoms with Gasteiger partial charge >= 0.3 is 0 Å². The summed E-state index contributed by atoms with van der Waals surface area (Å²) in [5.74, 6) is -2.24. The molecule has 0 aliphatic carbocycles. The van der Waals surface area contributed by atoms with Crippen LogP contribution in [0.15, 0.2) is 42.6 Å². The molecule has 7 nitrogen and oxygen atoms in total. The molecule has 1 aromatic heterocycles. The molecule has 0 bridgehead atoms. The van der Waals surface area contributed by atoms with Crippen molar-refractivity contribution >= 4 is 29.3 Å². The standard InChI is InChI=1S/C19H20ClFN4O3/c1-11(26)24-16(8-12-3-2-4-14(21)7-12)19(28)25-15(18(22)27)9-13-5-6-17(20)23-10-13/h2-7,10,15-16H,8-9H2,1H3,(H2,22,27)(H,24,26)(H,25,28)/t15-,16+/m0/s1. The Morgan fingerprint density at radius 2 is 1.82 bits per heavy atom. The Morgan fingerprint density at radius 3 is 2.39 bits per heavy atom. The number of hydrogen-bond donors (Lipinski definition) is 3. The number of nitrogens with zero attached hydrogens (tertiary/aromatic N) is 1. The predicted octanol–water partition coefficient (Wildman–Crippen LogP) is 1.13. The van der Waals surface area contributed by atoms with Crippen molar-refractivity contribution in [1.82, 2.24) is 15.6 Å². The number of nitrogens with one attached hydrogen (secondary N) is 2. The molecule has 0 spiro atoms.